The average molecular weight is 527 g/mol. The lowest BCUT2D eigenvalue weighted by Gasteiger charge is -2.15. The van der Waals surface area contributed by atoms with Gasteiger partial charge in [-0.3, -0.25) is 14.3 Å². The number of aromatic amines is 1. The quantitative estimate of drug-likeness (QED) is 0.239. The van der Waals surface area contributed by atoms with E-state index in [4.69, 9.17) is 4.74 Å². The number of imidazole rings is 1. The Morgan fingerprint density at radius 1 is 1.26 bits per heavy atom. The van der Waals surface area contributed by atoms with Crippen molar-refractivity contribution in [2.24, 2.45) is 12.1 Å². The van der Waals surface area contributed by atoms with Crippen LogP contribution in [-0.2, 0) is 13.6 Å². The molecule has 176 valence electrons. The van der Waals surface area contributed by atoms with Crippen LogP contribution in [0.15, 0.2) is 67.7 Å². The predicted octanol–water partition coefficient (Wildman–Crippen LogP) is 2.38. The van der Waals surface area contributed by atoms with E-state index in [9.17, 15) is 14.7 Å². The number of aromatic nitrogens is 4. The smallest absolute Gasteiger partial charge is 0.329 e. The highest BCUT2D eigenvalue weighted by molar-refractivity contribution is 9.10. The van der Waals surface area contributed by atoms with Gasteiger partial charge in [0, 0.05) is 11.5 Å². The summed E-state index contributed by atoms with van der Waals surface area (Å²) in [6.07, 6.45) is 0.627. The molecule has 10 nitrogen and oxygen atoms in total. The van der Waals surface area contributed by atoms with Crippen LogP contribution in [0.25, 0.3) is 11.2 Å². The fraction of sp³-hybridized carbons (Fsp3) is 0.217. The number of nitrogens with zero attached hydrogens (tertiary/aromatic N) is 4. The minimum atomic E-state index is -0.967. The minimum Gasteiger partial charge on any atom is -0.491 e. The predicted molar refractivity (Wildman–Crippen MR) is 134 cm³/mol. The number of aryl methyl sites for hydroxylation is 2. The van der Waals surface area contributed by atoms with Crippen molar-refractivity contribution in [1.82, 2.24) is 19.1 Å². The summed E-state index contributed by atoms with van der Waals surface area (Å²) in [5, 5.41) is 14.9. The van der Waals surface area contributed by atoms with Gasteiger partial charge < -0.3 is 14.4 Å². The van der Waals surface area contributed by atoms with Crippen LogP contribution in [0.2, 0.25) is 0 Å². The van der Waals surface area contributed by atoms with Gasteiger partial charge in [0.15, 0.2) is 11.2 Å². The van der Waals surface area contributed by atoms with Gasteiger partial charge in [-0.2, -0.15) is 10.1 Å². The van der Waals surface area contributed by atoms with E-state index < -0.39 is 17.4 Å². The molecule has 0 saturated heterocycles. The van der Waals surface area contributed by atoms with Crippen LogP contribution in [0.5, 0.6) is 5.75 Å². The summed E-state index contributed by atoms with van der Waals surface area (Å²) < 4.78 is 9.35. The van der Waals surface area contributed by atoms with E-state index >= 15 is 0 Å². The summed E-state index contributed by atoms with van der Waals surface area (Å²) in [4.78, 5) is 31.3. The Morgan fingerprint density at radius 3 is 2.76 bits per heavy atom. The Balaban J connectivity index is 1.61. The molecule has 0 amide bonds. The van der Waals surface area contributed by atoms with Crippen LogP contribution >= 0.6 is 15.9 Å². The Hall–Kier alpha value is -3.70. The number of halogens is 1. The molecule has 4 aromatic rings. The Kier molecular flexibility index (Phi) is 6.94. The summed E-state index contributed by atoms with van der Waals surface area (Å²) in [7, 11) is 1.50. The molecule has 0 aliphatic carbocycles. The van der Waals surface area contributed by atoms with Crippen molar-refractivity contribution in [2.45, 2.75) is 19.6 Å². The fourth-order valence-electron chi connectivity index (χ4n) is 3.37. The molecule has 0 fully saturated rings. The third-order valence-electron chi connectivity index (χ3n) is 5.08. The Morgan fingerprint density at radius 2 is 2.03 bits per heavy atom. The highest BCUT2D eigenvalue weighted by Gasteiger charge is 2.20. The van der Waals surface area contributed by atoms with Gasteiger partial charge in [-0.1, -0.05) is 40.2 Å². The monoisotopic (exact) mass is 526 g/mol. The zero-order valence-electron chi connectivity index (χ0n) is 18.5. The molecule has 2 aromatic heterocycles. The van der Waals surface area contributed by atoms with Crippen LogP contribution in [0, 0.1) is 6.92 Å². The van der Waals surface area contributed by atoms with Crippen molar-refractivity contribution in [1.29, 1.82) is 0 Å². The van der Waals surface area contributed by atoms with E-state index in [-0.39, 0.29) is 30.3 Å². The molecule has 34 heavy (non-hydrogen) atoms. The number of ether oxygens (including phenoxy) is 1. The first-order chi connectivity index (χ1) is 16.3. The molecule has 0 bridgehead atoms. The molecule has 0 radical (unpaired) electrons. The average Bonchev–Trinajstić information content (AvgIpc) is 3.16. The number of aliphatic hydroxyl groups excluding tert-OH is 1. The summed E-state index contributed by atoms with van der Waals surface area (Å²) in [6.45, 7) is 1.93. The molecular formula is C23H23BrN6O4. The van der Waals surface area contributed by atoms with Crippen molar-refractivity contribution in [3.8, 4) is 5.75 Å². The maximum Gasteiger partial charge on any atom is 0.329 e. The van der Waals surface area contributed by atoms with E-state index in [1.54, 1.807) is 12.3 Å². The molecule has 2 aromatic carbocycles. The van der Waals surface area contributed by atoms with Gasteiger partial charge in [-0.15, -0.1) is 0 Å². The maximum atomic E-state index is 12.6. The molecule has 0 aliphatic heterocycles. The number of rotatable bonds is 8. The molecule has 2 heterocycles. The number of aliphatic hydroxyl groups is 1. The molecule has 11 heteroatoms. The van der Waals surface area contributed by atoms with Crippen molar-refractivity contribution in [3.63, 3.8) is 0 Å². The van der Waals surface area contributed by atoms with Crippen LogP contribution < -0.4 is 21.4 Å². The van der Waals surface area contributed by atoms with Gasteiger partial charge >= 0.3 is 5.69 Å². The number of fused-ring (bicyclic) bond motifs is 1. The van der Waals surface area contributed by atoms with E-state index in [1.165, 1.54) is 16.2 Å². The third-order valence-corrected chi connectivity index (χ3v) is 5.61. The number of anilines is 1. The number of nitrogens with one attached hydrogen (secondary N) is 2. The van der Waals surface area contributed by atoms with E-state index in [2.05, 4.69) is 36.4 Å². The van der Waals surface area contributed by atoms with Crippen LogP contribution in [0.3, 0.4) is 0 Å². The molecule has 0 aliphatic rings. The summed E-state index contributed by atoms with van der Waals surface area (Å²) in [5.74, 6) is 0.830. The molecule has 1 unspecified atom stereocenters. The van der Waals surface area contributed by atoms with Crippen molar-refractivity contribution in [2.75, 3.05) is 12.0 Å². The summed E-state index contributed by atoms with van der Waals surface area (Å²) in [5.41, 5.74) is 3.80. The molecule has 0 spiro atoms. The lowest BCUT2D eigenvalue weighted by atomic mass is 10.2. The van der Waals surface area contributed by atoms with Crippen LogP contribution in [-0.4, -0.2) is 43.1 Å². The zero-order valence-corrected chi connectivity index (χ0v) is 20.1. The van der Waals surface area contributed by atoms with E-state index in [0.29, 0.717) is 5.75 Å². The van der Waals surface area contributed by atoms with Gasteiger partial charge in [0.25, 0.3) is 5.56 Å². The lowest BCUT2D eigenvalue weighted by Crippen LogP contribution is -2.30. The molecular weight excluding hydrogens is 504 g/mol. The first kappa shape index (κ1) is 23.5. The third kappa shape index (κ3) is 5.26. The number of hydrogen-bond acceptors (Lipinski definition) is 7. The summed E-state index contributed by atoms with van der Waals surface area (Å²) >= 11 is 3.38. The van der Waals surface area contributed by atoms with Crippen molar-refractivity contribution in [3.05, 3.63) is 85.0 Å². The van der Waals surface area contributed by atoms with Crippen LogP contribution in [0.1, 0.15) is 11.1 Å². The van der Waals surface area contributed by atoms with Crippen molar-refractivity contribution < 1.29 is 9.84 Å². The Bertz CT molecular complexity index is 1460. The number of benzene rings is 2. The first-order valence-electron chi connectivity index (χ1n) is 10.4. The second kappa shape index (κ2) is 10.1. The standard InChI is InChI=1S/C23H23BrN6O4/c1-14-4-3-5-18(10-14)34-13-17(31)12-30-19-20(29(2)23(33)27-21(19)32)26-22(30)28-25-11-15-6-8-16(24)9-7-15/h3-11,17,31H,12-13H2,1-2H3,(H,26,28)(H,27,32,33). The van der Waals surface area contributed by atoms with Gasteiger partial charge in [0.2, 0.25) is 5.95 Å². The fourth-order valence-corrected chi connectivity index (χ4v) is 3.64. The van der Waals surface area contributed by atoms with Gasteiger partial charge in [-0.05, 0) is 42.3 Å². The zero-order chi connectivity index (χ0) is 24.2. The number of hydrazone groups is 1. The first-order valence-corrected chi connectivity index (χ1v) is 11.2. The number of hydrogen-bond donors (Lipinski definition) is 3. The molecule has 3 N–H and O–H groups in total. The molecule has 4 rings (SSSR count). The normalized spacial score (nSPS) is 12.4. The Labute approximate surface area is 202 Å². The van der Waals surface area contributed by atoms with E-state index in [0.717, 1.165) is 15.6 Å². The highest BCUT2D eigenvalue weighted by Crippen LogP contribution is 2.18. The number of H-pyrrole nitrogens is 1. The topological polar surface area (TPSA) is 127 Å². The highest BCUT2D eigenvalue weighted by atomic mass is 79.9. The van der Waals surface area contributed by atoms with Gasteiger partial charge in [0.1, 0.15) is 18.5 Å². The van der Waals surface area contributed by atoms with Gasteiger partial charge in [-0.25, -0.2) is 10.2 Å². The maximum absolute atomic E-state index is 12.6. The van der Waals surface area contributed by atoms with E-state index in [1.807, 2.05) is 49.4 Å². The minimum absolute atomic E-state index is 0.00556. The second-order valence-electron chi connectivity index (χ2n) is 7.74. The summed E-state index contributed by atoms with van der Waals surface area (Å²) in [6, 6.07) is 15.0. The second-order valence-corrected chi connectivity index (χ2v) is 8.66. The van der Waals surface area contributed by atoms with Crippen LogP contribution in [0.4, 0.5) is 5.95 Å². The van der Waals surface area contributed by atoms with Gasteiger partial charge in [0.05, 0.1) is 12.8 Å². The molecule has 0 saturated carbocycles. The SMILES string of the molecule is Cc1cccc(OCC(O)Cn2c(NN=Cc3ccc(Br)cc3)nc3c2c(=O)[nH]c(=O)n3C)c1. The lowest BCUT2D eigenvalue weighted by molar-refractivity contribution is 0.0938. The van der Waals surface area contributed by atoms with Crippen molar-refractivity contribution >= 4 is 39.3 Å². The molecule has 1 atom stereocenters. The largest absolute Gasteiger partial charge is 0.491 e.